The Kier molecular flexibility index (Phi) is 6.97. The molecule has 2 amide bonds. The van der Waals surface area contributed by atoms with E-state index < -0.39 is 0 Å². The predicted molar refractivity (Wildman–Crippen MR) is 116 cm³/mol. The normalized spacial score (nSPS) is 10.4. The zero-order valence-corrected chi connectivity index (χ0v) is 17.2. The molecule has 6 nitrogen and oxygen atoms in total. The van der Waals surface area contributed by atoms with Crippen molar-refractivity contribution in [2.75, 3.05) is 18.5 Å². The van der Waals surface area contributed by atoms with Crippen LogP contribution in [0.2, 0.25) is 0 Å². The molecule has 150 valence electrons. The van der Waals surface area contributed by atoms with E-state index in [1.165, 1.54) is 11.3 Å². The number of thiazole rings is 1. The van der Waals surface area contributed by atoms with Gasteiger partial charge < -0.3 is 15.4 Å². The summed E-state index contributed by atoms with van der Waals surface area (Å²) in [5, 5.41) is 8.29. The van der Waals surface area contributed by atoms with Crippen LogP contribution < -0.4 is 15.4 Å². The number of anilines is 1. The summed E-state index contributed by atoms with van der Waals surface area (Å²) in [6.07, 6.45) is 0.136. The van der Waals surface area contributed by atoms with Gasteiger partial charge in [0.15, 0.2) is 0 Å². The highest BCUT2D eigenvalue weighted by Crippen LogP contribution is 2.26. The lowest BCUT2D eigenvalue weighted by Crippen LogP contribution is -2.25. The minimum Gasteiger partial charge on any atom is -0.494 e. The fourth-order valence-electron chi connectivity index (χ4n) is 2.79. The van der Waals surface area contributed by atoms with E-state index >= 15 is 0 Å². The molecule has 1 aromatic heterocycles. The maximum absolute atomic E-state index is 12.5. The molecule has 0 bridgehead atoms. The van der Waals surface area contributed by atoms with Gasteiger partial charge in [0.05, 0.1) is 30.0 Å². The Bertz CT molecular complexity index is 983. The summed E-state index contributed by atoms with van der Waals surface area (Å²) in [5.41, 5.74) is 2.60. The Balaban J connectivity index is 1.66. The van der Waals surface area contributed by atoms with Gasteiger partial charge in [-0.15, -0.1) is 11.3 Å². The van der Waals surface area contributed by atoms with Crippen molar-refractivity contribution in [2.24, 2.45) is 0 Å². The summed E-state index contributed by atoms with van der Waals surface area (Å²) < 4.78 is 5.45. The number of amides is 2. The first-order valence-corrected chi connectivity index (χ1v) is 10.3. The van der Waals surface area contributed by atoms with Crippen LogP contribution in [0.25, 0.3) is 10.6 Å². The first-order valence-electron chi connectivity index (χ1n) is 9.45. The second-order valence-electron chi connectivity index (χ2n) is 6.23. The van der Waals surface area contributed by atoms with Crippen LogP contribution in [0.5, 0.6) is 5.75 Å². The SMILES string of the molecule is CCNC(=O)c1ccccc1NC(=O)Cc1csc(-c2ccc(OCC)cc2)n1. The third-order valence-corrected chi connectivity index (χ3v) is 5.03. The number of carbonyl (C=O) groups excluding carboxylic acids is 2. The third kappa shape index (κ3) is 5.42. The zero-order valence-electron chi connectivity index (χ0n) is 16.4. The highest BCUT2D eigenvalue weighted by Gasteiger charge is 2.14. The van der Waals surface area contributed by atoms with Gasteiger partial charge in [-0.05, 0) is 50.2 Å². The van der Waals surface area contributed by atoms with Gasteiger partial charge in [0.2, 0.25) is 5.91 Å². The van der Waals surface area contributed by atoms with Gasteiger partial charge >= 0.3 is 0 Å². The van der Waals surface area contributed by atoms with Crippen LogP contribution in [0, 0.1) is 0 Å². The number of rotatable bonds is 8. The van der Waals surface area contributed by atoms with Crippen LogP contribution in [0.15, 0.2) is 53.9 Å². The average molecular weight is 410 g/mol. The predicted octanol–water partition coefficient (Wildman–Crippen LogP) is 4.14. The molecule has 29 heavy (non-hydrogen) atoms. The van der Waals surface area contributed by atoms with Crippen molar-refractivity contribution >= 4 is 28.8 Å². The van der Waals surface area contributed by atoms with Crippen LogP contribution >= 0.6 is 11.3 Å². The van der Waals surface area contributed by atoms with Crippen molar-refractivity contribution in [3.05, 3.63) is 65.2 Å². The van der Waals surface area contributed by atoms with E-state index in [1.54, 1.807) is 24.3 Å². The summed E-state index contributed by atoms with van der Waals surface area (Å²) in [4.78, 5) is 29.2. The minimum atomic E-state index is -0.217. The van der Waals surface area contributed by atoms with Crippen molar-refractivity contribution in [2.45, 2.75) is 20.3 Å². The maximum Gasteiger partial charge on any atom is 0.253 e. The standard InChI is InChI=1S/C22H23N3O3S/c1-3-23-21(27)18-7-5-6-8-19(18)25-20(26)13-16-14-29-22(24-16)15-9-11-17(12-10-15)28-4-2/h5-12,14H,3-4,13H2,1-2H3,(H,23,27)(H,25,26). The van der Waals surface area contributed by atoms with E-state index in [-0.39, 0.29) is 18.2 Å². The molecule has 0 aliphatic carbocycles. The van der Waals surface area contributed by atoms with Crippen molar-refractivity contribution in [3.8, 4) is 16.3 Å². The van der Waals surface area contributed by atoms with Gasteiger partial charge in [0, 0.05) is 17.5 Å². The number of carbonyl (C=O) groups is 2. The molecule has 0 radical (unpaired) electrons. The molecule has 0 unspecified atom stereocenters. The van der Waals surface area contributed by atoms with Crippen LogP contribution in [0.1, 0.15) is 29.9 Å². The van der Waals surface area contributed by atoms with E-state index in [9.17, 15) is 9.59 Å². The van der Waals surface area contributed by atoms with Crippen molar-refractivity contribution in [3.63, 3.8) is 0 Å². The van der Waals surface area contributed by atoms with E-state index in [4.69, 9.17) is 4.74 Å². The third-order valence-electron chi connectivity index (χ3n) is 4.09. The summed E-state index contributed by atoms with van der Waals surface area (Å²) in [7, 11) is 0. The number of hydrogen-bond donors (Lipinski definition) is 2. The van der Waals surface area contributed by atoms with Crippen molar-refractivity contribution < 1.29 is 14.3 Å². The second-order valence-corrected chi connectivity index (χ2v) is 7.09. The van der Waals surface area contributed by atoms with E-state index in [1.807, 2.05) is 43.5 Å². The van der Waals surface area contributed by atoms with Gasteiger partial charge in [0.1, 0.15) is 10.8 Å². The number of hydrogen-bond acceptors (Lipinski definition) is 5. The molecule has 0 saturated heterocycles. The largest absolute Gasteiger partial charge is 0.494 e. The van der Waals surface area contributed by atoms with Crippen LogP contribution in [0.4, 0.5) is 5.69 Å². The molecular formula is C22H23N3O3S. The van der Waals surface area contributed by atoms with E-state index in [2.05, 4.69) is 15.6 Å². The first-order chi connectivity index (χ1) is 14.1. The Morgan fingerprint density at radius 2 is 1.83 bits per heavy atom. The molecular weight excluding hydrogens is 386 g/mol. The number of para-hydroxylation sites is 1. The number of ether oxygens (including phenoxy) is 1. The summed E-state index contributed by atoms with van der Waals surface area (Å²) in [5.74, 6) is 0.387. The summed E-state index contributed by atoms with van der Waals surface area (Å²) in [6, 6.07) is 14.7. The molecule has 3 aromatic rings. The fourth-order valence-corrected chi connectivity index (χ4v) is 3.61. The van der Waals surface area contributed by atoms with Gasteiger partial charge in [0.25, 0.3) is 5.91 Å². The summed E-state index contributed by atoms with van der Waals surface area (Å²) in [6.45, 7) is 4.94. The topological polar surface area (TPSA) is 80.3 Å². The lowest BCUT2D eigenvalue weighted by molar-refractivity contribution is -0.115. The van der Waals surface area contributed by atoms with Crippen LogP contribution in [-0.4, -0.2) is 29.9 Å². The average Bonchev–Trinajstić information content (AvgIpc) is 3.17. The monoisotopic (exact) mass is 409 g/mol. The smallest absolute Gasteiger partial charge is 0.253 e. The Morgan fingerprint density at radius 3 is 2.55 bits per heavy atom. The van der Waals surface area contributed by atoms with Crippen LogP contribution in [-0.2, 0) is 11.2 Å². The van der Waals surface area contributed by atoms with E-state index in [0.717, 1.165) is 16.3 Å². The molecule has 2 N–H and O–H groups in total. The summed E-state index contributed by atoms with van der Waals surface area (Å²) >= 11 is 1.49. The van der Waals surface area contributed by atoms with Gasteiger partial charge in [-0.25, -0.2) is 4.98 Å². The van der Waals surface area contributed by atoms with Crippen molar-refractivity contribution in [1.29, 1.82) is 0 Å². The molecule has 3 rings (SSSR count). The molecule has 0 aliphatic heterocycles. The van der Waals surface area contributed by atoms with Crippen LogP contribution in [0.3, 0.4) is 0 Å². The molecule has 0 saturated carbocycles. The van der Waals surface area contributed by atoms with Crippen molar-refractivity contribution in [1.82, 2.24) is 10.3 Å². The fraction of sp³-hybridized carbons (Fsp3) is 0.227. The quantitative estimate of drug-likeness (QED) is 0.586. The molecule has 0 atom stereocenters. The minimum absolute atomic E-state index is 0.136. The number of nitrogens with zero attached hydrogens (tertiary/aromatic N) is 1. The van der Waals surface area contributed by atoms with E-state index in [0.29, 0.717) is 30.1 Å². The number of nitrogens with one attached hydrogen (secondary N) is 2. The van der Waals surface area contributed by atoms with Gasteiger partial charge in [-0.1, -0.05) is 12.1 Å². The number of aromatic nitrogens is 1. The second kappa shape index (κ2) is 9.84. The molecule has 0 spiro atoms. The Hall–Kier alpha value is -3.19. The lowest BCUT2D eigenvalue weighted by Gasteiger charge is -2.10. The van der Waals surface area contributed by atoms with Gasteiger partial charge in [-0.3, -0.25) is 9.59 Å². The molecule has 0 fully saturated rings. The molecule has 7 heteroatoms. The highest BCUT2D eigenvalue weighted by molar-refractivity contribution is 7.13. The lowest BCUT2D eigenvalue weighted by atomic mass is 10.1. The Morgan fingerprint density at radius 1 is 1.07 bits per heavy atom. The first kappa shape index (κ1) is 20.5. The highest BCUT2D eigenvalue weighted by atomic mass is 32.1. The number of benzene rings is 2. The molecule has 1 heterocycles. The molecule has 2 aromatic carbocycles. The van der Waals surface area contributed by atoms with Gasteiger partial charge in [-0.2, -0.15) is 0 Å². The maximum atomic E-state index is 12.5. The molecule has 0 aliphatic rings. The Labute approximate surface area is 173 Å². The zero-order chi connectivity index (χ0) is 20.6.